The molecule has 0 heterocycles. The van der Waals surface area contributed by atoms with Crippen molar-refractivity contribution in [3.8, 4) is 0 Å². The van der Waals surface area contributed by atoms with Crippen LogP contribution in [0.3, 0.4) is 0 Å². The summed E-state index contributed by atoms with van der Waals surface area (Å²) in [6.45, 7) is 10.8. The summed E-state index contributed by atoms with van der Waals surface area (Å²) in [6, 6.07) is 7.04. The Kier molecular flexibility index (Phi) is 7.17. The molecule has 1 unspecified atom stereocenters. The van der Waals surface area contributed by atoms with E-state index in [2.05, 4.69) is 26.1 Å². The van der Waals surface area contributed by atoms with Gasteiger partial charge in [0.25, 0.3) is 0 Å². The van der Waals surface area contributed by atoms with Crippen molar-refractivity contribution in [3.05, 3.63) is 35.6 Å². The van der Waals surface area contributed by atoms with E-state index in [0.717, 1.165) is 38.2 Å². The van der Waals surface area contributed by atoms with Gasteiger partial charge in [-0.05, 0) is 64.6 Å². The van der Waals surface area contributed by atoms with Gasteiger partial charge in [0.15, 0.2) is 0 Å². The van der Waals surface area contributed by atoms with Crippen molar-refractivity contribution in [2.24, 2.45) is 5.92 Å². The van der Waals surface area contributed by atoms with Crippen molar-refractivity contribution >= 4 is 0 Å². The van der Waals surface area contributed by atoms with E-state index in [1.807, 2.05) is 19.1 Å². The van der Waals surface area contributed by atoms with E-state index in [9.17, 15) is 4.39 Å². The molecule has 1 aromatic carbocycles. The molecule has 0 aliphatic rings. The molecule has 0 aliphatic carbocycles. The highest BCUT2D eigenvalue weighted by atomic mass is 19.1. The van der Waals surface area contributed by atoms with Gasteiger partial charge in [-0.2, -0.15) is 0 Å². The van der Waals surface area contributed by atoms with Crippen LogP contribution in [0.25, 0.3) is 0 Å². The molecule has 3 heteroatoms. The van der Waals surface area contributed by atoms with Crippen LogP contribution in [0.2, 0.25) is 0 Å². The summed E-state index contributed by atoms with van der Waals surface area (Å²) in [5.41, 5.74) is 0.878. The highest BCUT2D eigenvalue weighted by Crippen LogP contribution is 2.16. The minimum atomic E-state index is -0.107. The van der Waals surface area contributed by atoms with Crippen molar-refractivity contribution in [2.45, 2.75) is 46.1 Å². The first kappa shape index (κ1) is 17.1. The Morgan fingerprint density at radius 2 is 1.95 bits per heavy atom. The largest absolute Gasteiger partial charge is 0.382 e. The van der Waals surface area contributed by atoms with E-state index in [0.29, 0.717) is 5.92 Å². The lowest BCUT2D eigenvalue weighted by molar-refractivity contribution is 0.130. The van der Waals surface area contributed by atoms with Crippen molar-refractivity contribution in [3.63, 3.8) is 0 Å². The van der Waals surface area contributed by atoms with E-state index < -0.39 is 0 Å². The van der Waals surface area contributed by atoms with Gasteiger partial charge in [0.05, 0.1) is 0 Å². The molecule has 0 bridgehead atoms. The Bertz CT molecular complexity index is 387. The van der Waals surface area contributed by atoms with E-state index in [1.165, 1.54) is 6.07 Å². The molecule has 0 spiro atoms. The molecule has 0 fully saturated rings. The second-order valence-electron chi connectivity index (χ2n) is 6.28. The Morgan fingerprint density at radius 3 is 2.55 bits per heavy atom. The molecule has 1 atom stereocenters. The van der Waals surface area contributed by atoms with E-state index in [1.54, 1.807) is 6.07 Å². The Hall–Kier alpha value is -0.930. The van der Waals surface area contributed by atoms with Crippen LogP contribution in [0.5, 0.6) is 0 Å². The number of benzene rings is 1. The van der Waals surface area contributed by atoms with Gasteiger partial charge < -0.3 is 10.1 Å². The lowest BCUT2D eigenvalue weighted by Gasteiger charge is -2.25. The summed E-state index contributed by atoms with van der Waals surface area (Å²) in [4.78, 5) is 0. The summed E-state index contributed by atoms with van der Waals surface area (Å²) in [5, 5.41) is 3.51. The van der Waals surface area contributed by atoms with Crippen molar-refractivity contribution in [1.82, 2.24) is 5.32 Å². The van der Waals surface area contributed by atoms with Gasteiger partial charge in [0, 0.05) is 18.8 Å². The Balaban J connectivity index is 2.59. The van der Waals surface area contributed by atoms with Crippen LogP contribution in [-0.2, 0) is 11.2 Å². The summed E-state index contributed by atoms with van der Waals surface area (Å²) in [7, 11) is 0. The number of hydrogen-bond acceptors (Lipinski definition) is 2. The minimum absolute atomic E-state index is 0.0824. The predicted octanol–water partition coefficient (Wildman–Crippen LogP) is 3.80. The first-order chi connectivity index (χ1) is 9.42. The number of rotatable bonds is 8. The maximum Gasteiger partial charge on any atom is 0.126 e. The number of hydrogen-bond donors (Lipinski definition) is 1. The summed E-state index contributed by atoms with van der Waals surface area (Å²) < 4.78 is 19.2. The van der Waals surface area contributed by atoms with Gasteiger partial charge in [-0.15, -0.1) is 0 Å². The zero-order chi connectivity index (χ0) is 15.0. The van der Waals surface area contributed by atoms with Crippen LogP contribution in [-0.4, -0.2) is 25.3 Å². The third-order valence-corrected chi connectivity index (χ3v) is 3.26. The smallest absolute Gasteiger partial charge is 0.126 e. The minimum Gasteiger partial charge on any atom is -0.382 e. The fraction of sp³-hybridized carbons (Fsp3) is 0.647. The molecule has 20 heavy (non-hydrogen) atoms. The molecule has 0 saturated heterocycles. The summed E-state index contributed by atoms with van der Waals surface area (Å²) >= 11 is 0. The third kappa shape index (κ3) is 7.01. The lowest BCUT2D eigenvalue weighted by atomic mass is 9.95. The van der Waals surface area contributed by atoms with Gasteiger partial charge in [-0.3, -0.25) is 0 Å². The van der Waals surface area contributed by atoms with Gasteiger partial charge >= 0.3 is 0 Å². The first-order valence-corrected chi connectivity index (χ1v) is 7.48. The van der Waals surface area contributed by atoms with Crippen LogP contribution >= 0.6 is 0 Å². The van der Waals surface area contributed by atoms with Crippen molar-refractivity contribution in [2.75, 3.05) is 19.8 Å². The standard InChI is InChI=1S/C17H28FNO/c1-5-20-11-10-14(13-19-17(2,3)4)12-15-8-6-7-9-16(15)18/h6-9,14,19H,5,10-13H2,1-4H3. The normalized spacial score (nSPS) is 13.4. The van der Waals surface area contributed by atoms with Crippen molar-refractivity contribution in [1.29, 1.82) is 0 Å². The van der Waals surface area contributed by atoms with Crippen LogP contribution in [0.1, 0.15) is 39.7 Å². The zero-order valence-corrected chi connectivity index (χ0v) is 13.2. The number of halogens is 1. The molecule has 1 N–H and O–H groups in total. The maximum absolute atomic E-state index is 13.8. The fourth-order valence-corrected chi connectivity index (χ4v) is 2.10. The van der Waals surface area contributed by atoms with Crippen LogP contribution < -0.4 is 5.32 Å². The molecule has 0 amide bonds. The molecular formula is C17H28FNO. The van der Waals surface area contributed by atoms with Crippen LogP contribution in [0, 0.1) is 11.7 Å². The topological polar surface area (TPSA) is 21.3 Å². The summed E-state index contributed by atoms with van der Waals surface area (Å²) in [6.07, 6.45) is 1.70. The maximum atomic E-state index is 13.8. The quantitative estimate of drug-likeness (QED) is 0.732. The number of nitrogens with one attached hydrogen (secondary N) is 1. The molecule has 1 rings (SSSR count). The fourth-order valence-electron chi connectivity index (χ4n) is 2.10. The Morgan fingerprint density at radius 1 is 1.25 bits per heavy atom. The molecule has 1 aromatic rings. The van der Waals surface area contributed by atoms with Gasteiger partial charge in [0.2, 0.25) is 0 Å². The average Bonchev–Trinajstić information content (AvgIpc) is 2.37. The highest BCUT2D eigenvalue weighted by Gasteiger charge is 2.16. The molecule has 0 radical (unpaired) electrons. The lowest BCUT2D eigenvalue weighted by Crippen LogP contribution is -2.39. The SMILES string of the molecule is CCOCCC(CNC(C)(C)C)Cc1ccccc1F. The molecule has 2 nitrogen and oxygen atoms in total. The second kappa shape index (κ2) is 8.38. The highest BCUT2D eigenvalue weighted by molar-refractivity contribution is 5.17. The van der Waals surface area contributed by atoms with E-state index >= 15 is 0 Å². The average molecular weight is 281 g/mol. The Labute approximate surface area is 122 Å². The van der Waals surface area contributed by atoms with Crippen LogP contribution in [0.4, 0.5) is 4.39 Å². The summed E-state index contributed by atoms with van der Waals surface area (Å²) in [5.74, 6) is 0.280. The molecule has 0 saturated carbocycles. The van der Waals surface area contributed by atoms with Crippen molar-refractivity contribution < 1.29 is 9.13 Å². The second-order valence-corrected chi connectivity index (χ2v) is 6.28. The predicted molar refractivity (Wildman–Crippen MR) is 82.5 cm³/mol. The van der Waals surface area contributed by atoms with Gasteiger partial charge in [-0.25, -0.2) is 4.39 Å². The van der Waals surface area contributed by atoms with Crippen LogP contribution in [0.15, 0.2) is 24.3 Å². The zero-order valence-electron chi connectivity index (χ0n) is 13.2. The van der Waals surface area contributed by atoms with Gasteiger partial charge in [-0.1, -0.05) is 18.2 Å². The van der Waals surface area contributed by atoms with Gasteiger partial charge in [0.1, 0.15) is 5.82 Å². The van der Waals surface area contributed by atoms with E-state index in [-0.39, 0.29) is 11.4 Å². The monoisotopic (exact) mass is 281 g/mol. The number of ether oxygens (including phenoxy) is 1. The third-order valence-electron chi connectivity index (χ3n) is 3.26. The molecule has 0 aliphatic heterocycles. The molecule has 114 valence electrons. The van der Waals surface area contributed by atoms with E-state index in [4.69, 9.17) is 4.74 Å². The molecular weight excluding hydrogens is 253 g/mol. The molecule has 0 aromatic heterocycles. The first-order valence-electron chi connectivity index (χ1n) is 7.48.